The molecule has 1 saturated carbocycles. The highest BCUT2D eigenvalue weighted by atomic mass is 32.2. The Labute approximate surface area is 268 Å². The highest BCUT2D eigenvalue weighted by molar-refractivity contribution is 7.92. The van der Waals surface area contributed by atoms with Gasteiger partial charge in [-0.05, 0) is 99.3 Å². The summed E-state index contributed by atoms with van der Waals surface area (Å²) < 4.78 is 74.9. The van der Waals surface area contributed by atoms with Crippen molar-refractivity contribution in [3.63, 3.8) is 0 Å². The predicted molar refractivity (Wildman–Crippen MR) is 174 cm³/mol. The number of benzene rings is 3. The molecule has 1 saturated heterocycles. The normalized spacial score (nSPS) is 17.5. The monoisotopic (exact) mass is 650 g/mol. The first-order valence-electron chi connectivity index (χ1n) is 15.3. The van der Waals surface area contributed by atoms with Gasteiger partial charge in [-0.15, -0.1) is 0 Å². The lowest BCUT2D eigenvalue weighted by Crippen LogP contribution is -2.41. The summed E-state index contributed by atoms with van der Waals surface area (Å²) in [6.45, 7) is 7.68. The molecule has 1 aromatic heterocycles. The number of hydrogen-bond donors (Lipinski definition) is 1. The van der Waals surface area contributed by atoms with Gasteiger partial charge in [0.25, 0.3) is 5.91 Å². The number of hydrogen-bond acceptors (Lipinski definition) is 6. The van der Waals surface area contributed by atoms with Gasteiger partial charge in [0.1, 0.15) is 23.0 Å². The Hall–Kier alpha value is -3.74. The van der Waals surface area contributed by atoms with Crippen LogP contribution in [0.3, 0.4) is 0 Å². The highest BCUT2D eigenvalue weighted by Gasteiger charge is 2.51. The number of sulfonamides is 1. The summed E-state index contributed by atoms with van der Waals surface area (Å²) in [4.78, 5) is 12.6. The molecule has 0 spiro atoms. The Morgan fingerprint density at radius 2 is 1.65 bits per heavy atom. The van der Waals surface area contributed by atoms with Crippen LogP contribution in [0.1, 0.15) is 79.3 Å². The zero-order valence-electron chi connectivity index (χ0n) is 26.5. The van der Waals surface area contributed by atoms with Crippen molar-refractivity contribution in [3.05, 3.63) is 94.2 Å². The van der Waals surface area contributed by atoms with Gasteiger partial charge < -0.3 is 19.5 Å². The van der Waals surface area contributed by atoms with Crippen LogP contribution >= 0.6 is 0 Å². The number of rotatable bonds is 10. The number of amides is 1. The molecule has 2 heterocycles. The van der Waals surface area contributed by atoms with E-state index < -0.39 is 40.1 Å². The fourth-order valence-electron chi connectivity index (χ4n) is 5.90. The number of carbonyl (C=O) groups excluding carboxylic acids is 1. The molecule has 0 radical (unpaired) electrons. The van der Waals surface area contributed by atoms with Gasteiger partial charge in [-0.2, -0.15) is 0 Å². The molecular weight excluding hydrogens is 613 g/mol. The van der Waals surface area contributed by atoms with Gasteiger partial charge in [0.15, 0.2) is 0 Å². The van der Waals surface area contributed by atoms with Crippen molar-refractivity contribution >= 4 is 45.2 Å². The molecule has 46 heavy (non-hydrogen) atoms. The second-order valence-corrected chi connectivity index (χ2v) is 15.2. The number of nitrogens with two attached hydrogens (primary N) is 1. The first-order chi connectivity index (χ1) is 21.5. The van der Waals surface area contributed by atoms with Crippen molar-refractivity contribution in [1.82, 2.24) is 0 Å². The van der Waals surface area contributed by atoms with Crippen LogP contribution in [0.4, 0.5) is 14.5 Å². The summed E-state index contributed by atoms with van der Waals surface area (Å²) in [5, 5.41) is 0.494. The number of furan rings is 1. The molecule has 0 unspecified atom stereocenters. The molecular formula is C34H37BF2N2O6S. The Morgan fingerprint density at radius 1 is 1.00 bits per heavy atom. The van der Waals surface area contributed by atoms with Gasteiger partial charge in [-0.1, -0.05) is 24.3 Å². The second kappa shape index (κ2) is 11.5. The third-order valence-electron chi connectivity index (χ3n) is 9.31. The van der Waals surface area contributed by atoms with Gasteiger partial charge in [0.05, 0.1) is 28.7 Å². The van der Waals surface area contributed by atoms with Crippen LogP contribution in [0, 0.1) is 11.6 Å². The Bertz CT molecular complexity index is 1920. The van der Waals surface area contributed by atoms with E-state index in [-0.39, 0.29) is 36.7 Å². The Kier molecular flexibility index (Phi) is 8.06. The summed E-state index contributed by atoms with van der Waals surface area (Å²) in [6.07, 6.45) is 3.13. The highest BCUT2D eigenvalue weighted by Crippen LogP contribution is 2.47. The van der Waals surface area contributed by atoms with Gasteiger partial charge in [0, 0.05) is 24.4 Å². The lowest BCUT2D eigenvalue weighted by atomic mass is 9.78. The quantitative estimate of drug-likeness (QED) is 0.224. The van der Waals surface area contributed by atoms with E-state index in [1.165, 1.54) is 22.5 Å². The molecule has 1 amide bonds. The maximum atomic E-state index is 15.4. The molecule has 6 rings (SSSR count). The van der Waals surface area contributed by atoms with E-state index in [1.54, 1.807) is 36.4 Å². The molecule has 2 N–H and O–H groups in total. The summed E-state index contributed by atoms with van der Waals surface area (Å²) in [5.41, 5.74) is 7.95. The first-order valence-corrected chi connectivity index (χ1v) is 17.1. The topological polar surface area (TPSA) is 112 Å². The predicted octanol–water partition coefficient (Wildman–Crippen LogP) is 5.59. The van der Waals surface area contributed by atoms with E-state index in [1.807, 2.05) is 27.7 Å². The van der Waals surface area contributed by atoms with E-state index in [2.05, 4.69) is 0 Å². The summed E-state index contributed by atoms with van der Waals surface area (Å²) in [5.74, 6) is -1.14. The fourth-order valence-corrected chi connectivity index (χ4v) is 6.84. The standard InChI is InChI=1S/C34H37BF2N2O6S/c1-33(2)34(3,4)45-35(44-33)23-11-10-22(27(37)17-23)14-15-39(46(5,41)42)28-19-29-26(18-25(28)21-8-9-21)31(32(38)40)30(43-29)16-20-6-12-24(36)13-7-20/h6-7,10-13,17-19,21H,8-9,14-16H2,1-5H3,(H2,38,40). The number of halogens is 2. The van der Waals surface area contributed by atoms with Gasteiger partial charge >= 0.3 is 7.12 Å². The lowest BCUT2D eigenvalue weighted by molar-refractivity contribution is 0.00578. The molecule has 242 valence electrons. The molecule has 12 heteroatoms. The Morgan fingerprint density at radius 3 is 2.22 bits per heavy atom. The van der Waals surface area contributed by atoms with Gasteiger partial charge in [-0.3, -0.25) is 9.10 Å². The largest absolute Gasteiger partial charge is 0.494 e. The van der Waals surface area contributed by atoms with Crippen LogP contribution in [0.15, 0.2) is 59.0 Å². The smallest absolute Gasteiger partial charge is 0.460 e. The summed E-state index contributed by atoms with van der Waals surface area (Å²) in [7, 11) is -4.54. The number of nitrogens with zero attached hydrogens (tertiary/aromatic N) is 1. The third kappa shape index (κ3) is 6.18. The molecule has 3 aromatic carbocycles. The van der Waals surface area contributed by atoms with Crippen molar-refractivity contribution in [2.24, 2.45) is 5.73 Å². The number of primary amides is 1. The first kappa shape index (κ1) is 32.2. The molecule has 1 aliphatic carbocycles. The van der Waals surface area contributed by atoms with Gasteiger partial charge in [0.2, 0.25) is 10.0 Å². The van der Waals surface area contributed by atoms with Crippen LogP contribution in [0.2, 0.25) is 0 Å². The summed E-state index contributed by atoms with van der Waals surface area (Å²) in [6, 6.07) is 14.0. The zero-order chi connectivity index (χ0) is 33.2. The lowest BCUT2D eigenvalue weighted by Gasteiger charge is -2.32. The molecule has 1 aliphatic heterocycles. The molecule has 2 aliphatic rings. The maximum Gasteiger partial charge on any atom is 0.494 e. The minimum atomic E-state index is -3.82. The van der Waals surface area contributed by atoms with Crippen LogP contribution < -0.4 is 15.5 Å². The Balaban J connectivity index is 1.32. The third-order valence-corrected chi connectivity index (χ3v) is 10.5. The minimum absolute atomic E-state index is 0.0252. The minimum Gasteiger partial charge on any atom is -0.460 e. The molecule has 0 bridgehead atoms. The maximum absolute atomic E-state index is 15.4. The van der Waals surface area contributed by atoms with E-state index in [4.69, 9.17) is 19.5 Å². The van der Waals surface area contributed by atoms with Crippen molar-refractivity contribution in [3.8, 4) is 0 Å². The van der Waals surface area contributed by atoms with Crippen LogP contribution in [-0.2, 0) is 32.2 Å². The van der Waals surface area contributed by atoms with Crippen LogP contribution in [0.25, 0.3) is 11.0 Å². The SMILES string of the molecule is CC1(C)OB(c2ccc(CCN(c3cc4oc(Cc5ccc(F)cc5)c(C(N)=O)c4cc3C3CC3)S(C)(=O)=O)c(F)c2)OC1(C)C. The van der Waals surface area contributed by atoms with Crippen LogP contribution in [-0.4, -0.2) is 45.4 Å². The van der Waals surface area contributed by atoms with E-state index in [9.17, 15) is 17.6 Å². The van der Waals surface area contributed by atoms with Crippen molar-refractivity contribution in [1.29, 1.82) is 0 Å². The molecule has 8 nitrogen and oxygen atoms in total. The van der Waals surface area contributed by atoms with E-state index in [0.717, 1.165) is 30.2 Å². The zero-order valence-corrected chi connectivity index (χ0v) is 27.3. The van der Waals surface area contributed by atoms with E-state index >= 15 is 4.39 Å². The number of carbonyl (C=O) groups is 1. The van der Waals surface area contributed by atoms with E-state index in [0.29, 0.717) is 33.4 Å². The fraction of sp³-hybridized carbons (Fsp3) is 0.382. The number of anilines is 1. The van der Waals surface area contributed by atoms with Crippen molar-refractivity contribution in [2.75, 3.05) is 17.1 Å². The van der Waals surface area contributed by atoms with Crippen molar-refractivity contribution < 1.29 is 35.7 Å². The molecule has 0 atom stereocenters. The number of fused-ring (bicyclic) bond motifs is 1. The molecule has 4 aromatic rings. The molecule has 2 fully saturated rings. The second-order valence-electron chi connectivity index (χ2n) is 13.3. The van der Waals surface area contributed by atoms with Crippen LogP contribution in [0.5, 0.6) is 0 Å². The van der Waals surface area contributed by atoms with Crippen molar-refractivity contribution in [2.45, 2.75) is 70.5 Å². The average Bonchev–Trinajstić information content (AvgIpc) is 3.69. The average molecular weight is 651 g/mol. The summed E-state index contributed by atoms with van der Waals surface area (Å²) >= 11 is 0. The van der Waals surface area contributed by atoms with Gasteiger partial charge in [-0.25, -0.2) is 17.2 Å².